The zero-order valence-electron chi connectivity index (χ0n) is 48.8. The Kier molecular flexibility index (Phi) is 10.8. The molecule has 0 unspecified atom stereocenters. The number of benzene rings is 9. The number of fused-ring (bicyclic) bond motifs is 11. The number of hydrogen-bond donors (Lipinski definition) is 0. The Balaban J connectivity index is 1.07. The van der Waals surface area contributed by atoms with Gasteiger partial charge in [0.2, 0.25) is 0 Å². The van der Waals surface area contributed by atoms with E-state index in [1.807, 2.05) is 0 Å². The van der Waals surface area contributed by atoms with Crippen LogP contribution in [0.3, 0.4) is 0 Å². The van der Waals surface area contributed by atoms with Gasteiger partial charge in [0.25, 0.3) is 0 Å². The van der Waals surface area contributed by atoms with Crippen LogP contribution in [0, 0.1) is 0 Å². The first kappa shape index (κ1) is 50.3. The number of hydrogen-bond acceptors (Lipinski definition) is 4. The van der Waals surface area contributed by atoms with Gasteiger partial charge in [-0.2, -0.15) is 0 Å². The zero-order valence-corrected chi connectivity index (χ0v) is 50.5. The second-order valence-electron chi connectivity index (χ2n) is 27.4. The van der Waals surface area contributed by atoms with Crippen molar-refractivity contribution in [3.8, 4) is 20.0 Å². The topological polar surface area (TPSA) is 13.0 Å². The third kappa shape index (κ3) is 7.43. The molecule has 396 valence electrons. The Bertz CT molecular complexity index is 4230. The van der Waals surface area contributed by atoms with Gasteiger partial charge in [0.15, 0.2) is 0 Å². The molecule has 5 aliphatic rings. The van der Waals surface area contributed by atoms with Gasteiger partial charge in [-0.3, -0.25) is 0 Å². The normalized spacial score (nSPS) is 14.5. The summed E-state index contributed by atoms with van der Waals surface area (Å²) in [5.74, 6) is 0. The molecule has 4 nitrogen and oxygen atoms in total. The number of anilines is 12. The van der Waals surface area contributed by atoms with Crippen molar-refractivity contribution in [2.45, 2.75) is 105 Å². The molecule has 6 heterocycles. The van der Waals surface area contributed by atoms with Crippen molar-refractivity contribution in [1.29, 1.82) is 0 Å². The van der Waals surface area contributed by atoms with Crippen molar-refractivity contribution in [3.63, 3.8) is 0 Å². The van der Waals surface area contributed by atoms with Gasteiger partial charge in [-0.15, -0.1) is 0 Å². The third-order valence-electron chi connectivity index (χ3n) is 18.2. The molecule has 0 atom stereocenters. The Morgan fingerprint density at radius 1 is 0.284 bits per heavy atom. The molecule has 15 rings (SSSR count). The van der Waals surface area contributed by atoms with E-state index in [1.165, 1.54) is 143 Å². The summed E-state index contributed by atoms with van der Waals surface area (Å²) in [5, 5.41) is 0. The van der Waals surface area contributed by atoms with E-state index in [4.69, 9.17) is 0 Å². The van der Waals surface area contributed by atoms with Crippen LogP contribution in [0.1, 0.15) is 105 Å². The van der Waals surface area contributed by atoms with Crippen molar-refractivity contribution in [1.82, 2.24) is 0 Å². The Hall–Kier alpha value is -7.69. The summed E-state index contributed by atoms with van der Waals surface area (Å²) in [6.45, 7) is 27.9. The van der Waals surface area contributed by atoms with Crippen molar-refractivity contribution in [2.75, 3.05) is 19.6 Å². The summed E-state index contributed by atoms with van der Waals surface area (Å²) < 4.78 is 2.81. The maximum atomic E-state index is 2.78. The maximum absolute atomic E-state index is 2.78. The summed E-state index contributed by atoms with van der Waals surface area (Å²) >= 11 is -0.0705. The average Bonchev–Trinajstić information content (AvgIpc) is 2.06. The molecule has 7 heteroatoms. The molecule has 10 aromatic rings. The molecule has 0 N–H and O–H groups in total. The van der Waals surface area contributed by atoms with E-state index in [0.717, 1.165) is 0 Å². The van der Waals surface area contributed by atoms with Crippen molar-refractivity contribution < 1.29 is 0 Å². The molecule has 0 aliphatic carbocycles. The van der Waals surface area contributed by atoms with Gasteiger partial charge in [0, 0.05) is 0 Å². The molecule has 0 amide bonds. The van der Waals surface area contributed by atoms with E-state index in [0.29, 0.717) is 0 Å². The average molecular weight is 1110 g/mol. The molecule has 0 saturated carbocycles. The summed E-state index contributed by atoms with van der Waals surface area (Å²) in [6.07, 6.45) is 0. The molecule has 9 aromatic carbocycles. The molecule has 5 aliphatic heterocycles. The molecule has 0 bridgehead atoms. The van der Waals surface area contributed by atoms with Crippen molar-refractivity contribution in [3.05, 3.63) is 216 Å². The Morgan fingerprint density at radius 3 is 1.10 bits per heavy atom. The van der Waals surface area contributed by atoms with Gasteiger partial charge in [-0.25, -0.2) is 0 Å². The summed E-state index contributed by atoms with van der Waals surface area (Å²) in [5.41, 5.74) is 31.1. The first-order valence-corrected chi connectivity index (χ1v) is 30.9. The predicted molar refractivity (Wildman–Crippen MR) is 351 cm³/mol. The van der Waals surface area contributed by atoms with Crippen molar-refractivity contribution >= 4 is 129 Å². The van der Waals surface area contributed by atoms with Crippen LogP contribution in [0.2, 0.25) is 0 Å². The molecule has 0 radical (unpaired) electrons. The second-order valence-corrected chi connectivity index (χ2v) is 29.5. The molecule has 0 saturated heterocycles. The Morgan fingerprint density at radius 2 is 0.654 bits per heavy atom. The minimum atomic E-state index is -0.0705. The quantitative estimate of drug-likeness (QED) is 0.163. The van der Waals surface area contributed by atoms with Crippen LogP contribution in [0.15, 0.2) is 194 Å². The summed E-state index contributed by atoms with van der Waals surface area (Å²) in [6, 6.07) is 75.8. The van der Waals surface area contributed by atoms with Gasteiger partial charge < -0.3 is 0 Å². The van der Waals surface area contributed by atoms with E-state index in [9.17, 15) is 0 Å². The number of nitrogens with zero attached hydrogens (tertiary/aromatic N) is 4. The monoisotopic (exact) mass is 1110 g/mol. The fourth-order valence-corrected chi connectivity index (χ4v) is 16.7. The first-order valence-electron chi connectivity index (χ1n) is 29.2. The SMILES string of the molecule is CC(C)(C)c1ccc(N2c3ccc(C(C)(C)C)cc3B3c4ccc5c6c4N(c4cccc2c43)c2c(-c3ccccc3)[se]c(-c3ccccc3)c2N6c2cccc3c2B5c2ccc(C(C)(C)C)cc2N3c2ccc(C(C)(C)C)cc2)cc1. The Labute approximate surface area is 486 Å². The van der Waals surface area contributed by atoms with E-state index in [2.05, 4.69) is 297 Å². The predicted octanol–water partition coefficient (Wildman–Crippen LogP) is 15.7. The standard InChI is InChI=1S/C74H68B2N4Se/c1-71(2,3)47-29-35-51(36-30-47)77-57-42-34-49(73(7,8)9)43-56(57)76-55-41-40-54-65-66(55)80(61-28-19-25-58(77)64(61)76)68-67(69(45-21-15-13-16-22-45)81-70(68)46-23-17-14-18-24-46)79(65)60-27-20-26-59-63(60)75(54)53-39-33-50(74(10,11)12)44-62(53)78(59)52-37-31-48(32-38-52)72(4,5)6/h13-44H,1-12H3. The van der Waals surface area contributed by atoms with Crippen molar-refractivity contribution in [2.24, 2.45) is 0 Å². The van der Waals surface area contributed by atoms with Gasteiger partial charge in [-0.05, 0) is 0 Å². The molecular formula is C74H68B2N4Se. The second kappa shape index (κ2) is 17.4. The van der Waals surface area contributed by atoms with Crippen LogP contribution in [-0.2, 0) is 21.7 Å². The van der Waals surface area contributed by atoms with E-state index in [1.54, 1.807) is 0 Å². The van der Waals surface area contributed by atoms with Gasteiger partial charge in [-0.1, -0.05) is 41.5 Å². The fourth-order valence-electron chi connectivity index (χ4n) is 14.0. The van der Waals surface area contributed by atoms with E-state index >= 15 is 0 Å². The van der Waals surface area contributed by atoms with Crippen LogP contribution in [0.4, 0.5) is 68.2 Å². The van der Waals surface area contributed by atoms with Crippen LogP contribution >= 0.6 is 0 Å². The van der Waals surface area contributed by atoms with Crippen LogP contribution in [0.5, 0.6) is 0 Å². The third-order valence-corrected chi connectivity index (χ3v) is 20.9. The van der Waals surface area contributed by atoms with Gasteiger partial charge >= 0.3 is 448 Å². The molecule has 81 heavy (non-hydrogen) atoms. The van der Waals surface area contributed by atoms with E-state index in [-0.39, 0.29) is 49.6 Å². The first-order chi connectivity index (χ1) is 38.8. The molecule has 0 fully saturated rings. The van der Waals surface area contributed by atoms with E-state index < -0.39 is 0 Å². The van der Waals surface area contributed by atoms with Crippen LogP contribution in [-0.4, -0.2) is 27.9 Å². The molecule has 1 aromatic heterocycles. The van der Waals surface area contributed by atoms with Gasteiger partial charge in [0.1, 0.15) is 0 Å². The fraction of sp³-hybridized carbons (Fsp3) is 0.216. The van der Waals surface area contributed by atoms with Gasteiger partial charge in [0.05, 0.1) is 0 Å². The van der Waals surface area contributed by atoms with Crippen LogP contribution < -0.4 is 52.4 Å². The van der Waals surface area contributed by atoms with Crippen LogP contribution in [0.25, 0.3) is 20.0 Å². The molecular weight excluding hydrogens is 1050 g/mol. The minimum absolute atomic E-state index is 0.0269. The summed E-state index contributed by atoms with van der Waals surface area (Å²) in [4.78, 5) is 10.7. The molecule has 0 spiro atoms. The summed E-state index contributed by atoms with van der Waals surface area (Å²) in [7, 11) is 0. The zero-order chi connectivity index (χ0) is 55.8. The number of rotatable bonds is 4.